The molecule has 2 amide bonds. The van der Waals surface area contributed by atoms with Gasteiger partial charge in [-0.25, -0.2) is 0 Å². The monoisotopic (exact) mass is 210 g/mol. The normalized spacial score (nSPS) is 22.2. The molecular formula is C11H18N2O2. The second-order valence-corrected chi connectivity index (χ2v) is 3.68. The summed E-state index contributed by atoms with van der Waals surface area (Å²) in [5.41, 5.74) is 0. The Balaban J connectivity index is 2.40. The fourth-order valence-corrected chi connectivity index (χ4v) is 1.56. The molecule has 0 spiro atoms. The number of carbonyl (C=O) groups is 2. The van der Waals surface area contributed by atoms with E-state index in [0.717, 1.165) is 25.8 Å². The van der Waals surface area contributed by atoms with Gasteiger partial charge in [-0.05, 0) is 26.2 Å². The van der Waals surface area contributed by atoms with Gasteiger partial charge in [0.05, 0.1) is 0 Å². The molecule has 0 aromatic carbocycles. The highest BCUT2D eigenvalue weighted by Gasteiger charge is 2.21. The maximum atomic E-state index is 11.5. The van der Waals surface area contributed by atoms with E-state index in [1.54, 1.807) is 6.08 Å². The first kappa shape index (κ1) is 11.8. The van der Waals surface area contributed by atoms with Crippen LogP contribution >= 0.6 is 0 Å². The summed E-state index contributed by atoms with van der Waals surface area (Å²) in [6.07, 6.45) is 6.67. The summed E-state index contributed by atoms with van der Waals surface area (Å²) >= 11 is 0. The van der Waals surface area contributed by atoms with E-state index in [0.29, 0.717) is 6.42 Å². The van der Waals surface area contributed by atoms with Crippen LogP contribution < -0.4 is 10.6 Å². The molecule has 0 aliphatic carbocycles. The van der Waals surface area contributed by atoms with Crippen molar-refractivity contribution in [1.29, 1.82) is 0 Å². The SMILES string of the molecule is C/C=C\CC(=O)NC1CCCCNC1=O. The van der Waals surface area contributed by atoms with Crippen molar-refractivity contribution in [3.05, 3.63) is 12.2 Å². The first-order valence-corrected chi connectivity index (χ1v) is 5.42. The molecule has 0 saturated carbocycles. The third-order valence-electron chi connectivity index (χ3n) is 2.41. The number of amides is 2. The van der Waals surface area contributed by atoms with Crippen molar-refractivity contribution in [1.82, 2.24) is 10.6 Å². The van der Waals surface area contributed by atoms with E-state index in [-0.39, 0.29) is 17.9 Å². The molecule has 1 saturated heterocycles. The van der Waals surface area contributed by atoms with Crippen LogP contribution in [0.1, 0.15) is 32.6 Å². The second-order valence-electron chi connectivity index (χ2n) is 3.68. The second kappa shape index (κ2) is 6.22. The third-order valence-corrected chi connectivity index (χ3v) is 2.41. The van der Waals surface area contributed by atoms with Crippen molar-refractivity contribution in [3.63, 3.8) is 0 Å². The van der Waals surface area contributed by atoms with Gasteiger partial charge in [0.1, 0.15) is 6.04 Å². The molecule has 1 atom stereocenters. The molecule has 1 heterocycles. The molecule has 2 N–H and O–H groups in total. The number of hydrogen-bond donors (Lipinski definition) is 2. The third kappa shape index (κ3) is 4.14. The van der Waals surface area contributed by atoms with Crippen LogP contribution in [0.15, 0.2) is 12.2 Å². The van der Waals surface area contributed by atoms with E-state index in [1.165, 1.54) is 0 Å². The summed E-state index contributed by atoms with van der Waals surface area (Å²) < 4.78 is 0. The fraction of sp³-hybridized carbons (Fsp3) is 0.636. The van der Waals surface area contributed by atoms with Crippen LogP contribution in [0.4, 0.5) is 0 Å². The van der Waals surface area contributed by atoms with Crippen molar-refractivity contribution in [2.75, 3.05) is 6.54 Å². The molecular weight excluding hydrogens is 192 g/mol. The smallest absolute Gasteiger partial charge is 0.242 e. The summed E-state index contributed by atoms with van der Waals surface area (Å²) in [6.45, 7) is 2.59. The van der Waals surface area contributed by atoms with Crippen LogP contribution in [0.2, 0.25) is 0 Å². The molecule has 0 radical (unpaired) electrons. The molecule has 1 rings (SSSR count). The summed E-state index contributed by atoms with van der Waals surface area (Å²) in [6, 6.07) is -0.342. The Morgan fingerprint density at radius 2 is 2.40 bits per heavy atom. The van der Waals surface area contributed by atoms with E-state index >= 15 is 0 Å². The van der Waals surface area contributed by atoms with Crippen molar-refractivity contribution < 1.29 is 9.59 Å². The molecule has 1 aliphatic rings. The summed E-state index contributed by atoms with van der Waals surface area (Å²) in [4.78, 5) is 22.9. The number of nitrogens with one attached hydrogen (secondary N) is 2. The van der Waals surface area contributed by atoms with Crippen molar-refractivity contribution in [2.24, 2.45) is 0 Å². The predicted octanol–water partition coefficient (Wildman–Crippen LogP) is 0.737. The van der Waals surface area contributed by atoms with Crippen LogP contribution in [0.25, 0.3) is 0 Å². The number of hydrogen-bond acceptors (Lipinski definition) is 2. The first-order chi connectivity index (χ1) is 7.24. The topological polar surface area (TPSA) is 58.2 Å². The molecule has 0 bridgehead atoms. The summed E-state index contributed by atoms with van der Waals surface area (Å²) in [5, 5.41) is 5.53. The van der Waals surface area contributed by atoms with E-state index in [4.69, 9.17) is 0 Å². The van der Waals surface area contributed by atoms with Gasteiger partial charge in [-0.3, -0.25) is 9.59 Å². The van der Waals surface area contributed by atoms with E-state index < -0.39 is 0 Å². The predicted molar refractivity (Wildman–Crippen MR) is 58.2 cm³/mol. The van der Waals surface area contributed by atoms with Gasteiger partial charge in [-0.15, -0.1) is 0 Å². The molecule has 15 heavy (non-hydrogen) atoms. The van der Waals surface area contributed by atoms with Gasteiger partial charge in [0, 0.05) is 13.0 Å². The maximum Gasteiger partial charge on any atom is 0.242 e. The van der Waals surface area contributed by atoms with Gasteiger partial charge in [0.15, 0.2) is 0 Å². The van der Waals surface area contributed by atoms with Gasteiger partial charge >= 0.3 is 0 Å². The van der Waals surface area contributed by atoms with E-state index in [1.807, 2.05) is 13.0 Å². The Morgan fingerprint density at radius 3 is 3.13 bits per heavy atom. The summed E-state index contributed by atoms with van der Waals surface area (Å²) in [5.74, 6) is -0.142. The van der Waals surface area contributed by atoms with Gasteiger partial charge in [-0.2, -0.15) is 0 Å². The van der Waals surface area contributed by atoms with Gasteiger partial charge in [-0.1, -0.05) is 12.2 Å². The Hall–Kier alpha value is -1.32. The van der Waals surface area contributed by atoms with Crippen LogP contribution in [0.5, 0.6) is 0 Å². The van der Waals surface area contributed by atoms with Crippen LogP contribution in [0.3, 0.4) is 0 Å². The first-order valence-electron chi connectivity index (χ1n) is 5.42. The lowest BCUT2D eigenvalue weighted by molar-refractivity contribution is -0.128. The van der Waals surface area contributed by atoms with Crippen LogP contribution in [-0.2, 0) is 9.59 Å². The Bertz CT molecular complexity index is 261. The minimum atomic E-state index is -0.342. The van der Waals surface area contributed by atoms with Crippen LogP contribution in [0, 0.1) is 0 Å². The zero-order chi connectivity index (χ0) is 11.1. The molecule has 4 heteroatoms. The highest BCUT2D eigenvalue weighted by atomic mass is 16.2. The number of allylic oxidation sites excluding steroid dienone is 1. The highest BCUT2D eigenvalue weighted by molar-refractivity contribution is 5.88. The van der Waals surface area contributed by atoms with Gasteiger partial charge in [0.2, 0.25) is 11.8 Å². The molecule has 1 aliphatic heterocycles. The van der Waals surface area contributed by atoms with E-state index in [9.17, 15) is 9.59 Å². The van der Waals surface area contributed by atoms with Crippen molar-refractivity contribution in [3.8, 4) is 0 Å². The standard InChI is InChI=1S/C11H18N2O2/c1-2-3-7-10(14)13-9-6-4-5-8-12-11(9)15/h2-3,9H,4-8H2,1H3,(H,12,15)(H,13,14)/b3-2-. The molecule has 1 fully saturated rings. The van der Waals surface area contributed by atoms with Gasteiger partial charge in [0.25, 0.3) is 0 Å². The fourth-order valence-electron chi connectivity index (χ4n) is 1.56. The minimum absolute atomic E-state index is 0.0543. The zero-order valence-corrected chi connectivity index (χ0v) is 9.08. The molecule has 0 aromatic heterocycles. The van der Waals surface area contributed by atoms with Crippen molar-refractivity contribution in [2.45, 2.75) is 38.6 Å². The highest BCUT2D eigenvalue weighted by Crippen LogP contribution is 2.05. The molecule has 1 unspecified atom stereocenters. The Morgan fingerprint density at radius 1 is 1.60 bits per heavy atom. The van der Waals surface area contributed by atoms with Gasteiger partial charge < -0.3 is 10.6 Å². The van der Waals surface area contributed by atoms with E-state index in [2.05, 4.69) is 10.6 Å². The molecule has 0 aromatic rings. The number of carbonyl (C=O) groups excluding carboxylic acids is 2. The molecule has 84 valence electrons. The van der Waals surface area contributed by atoms with Crippen LogP contribution in [-0.4, -0.2) is 24.4 Å². The lowest BCUT2D eigenvalue weighted by Crippen LogP contribution is -2.45. The Kier molecular flexibility index (Phi) is 4.87. The lowest BCUT2D eigenvalue weighted by Gasteiger charge is -2.14. The zero-order valence-electron chi connectivity index (χ0n) is 9.08. The average molecular weight is 210 g/mol. The molecule has 4 nitrogen and oxygen atoms in total. The largest absolute Gasteiger partial charge is 0.354 e. The quantitative estimate of drug-likeness (QED) is 0.675. The Labute approximate surface area is 90.1 Å². The average Bonchev–Trinajstić information content (AvgIpc) is 2.42. The lowest BCUT2D eigenvalue weighted by atomic mass is 10.1. The minimum Gasteiger partial charge on any atom is -0.354 e. The summed E-state index contributed by atoms with van der Waals surface area (Å²) in [7, 11) is 0. The maximum absolute atomic E-state index is 11.5. The number of rotatable bonds is 3. The van der Waals surface area contributed by atoms with Crippen molar-refractivity contribution >= 4 is 11.8 Å².